The van der Waals surface area contributed by atoms with E-state index in [1.807, 2.05) is 6.07 Å². The predicted molar refractivity (Wildman–Crippen MR) is 95.0 cm³/mol. The molecule has 1 atom stereocenters. The summed E-state index contributed by atoms with van der Waals surface area (Å²) in [7, 11) is 4.29. The van der Waals surface area contributed by atoms with Gasteiger partial charge in [-0.15, -0.1) is 0 Å². The van der Waals surface area contributed by atoms with Crippen molar-refractivity contribution in [3.63, 3.8) is 0 Å². The number of hydrogen-bond acceptors (Lipinski definition) is 6. The summed E-state index contributed by atoms with van der Waals surface area (Å²) in [5.41, 5.74) is -0.276. The Morgan fingerprint density at radius 1 is 1.19 bits per heavy atom. The number of fused-ring (bicyclic) bond motifs is 1. The van der Waals surface area contributed by atoms with Crippen molar-refractivity contribution in [3.05, 3.63) is 50.2 Å². The van der Waals surface area contributed by atoms with Gasteiger partial charge >= 0.3 is 11.7 Å². The molecular formula is C17H17N5O5. The molecule has 10 heteroatoms. The summed E-state index contributed by atoms with van der Waals surface area (Å²) in [6.45, 7) is -0.148. The Kier molecular flexibility index (Phi) is 4.60. The number of methoxy groups -OCH3 is 1. The maximum atomic E-state index is 12.7. The number of rotatable bonds is 4. The summed E-state index contributed by atoms with van der Waals surface area (Å²) in [5, 5.41) is 13.9. The molecule has 1 unspecified atom stereocenters. The van der Waals surface area contributed by atoms with Crippen LogP contribution >= 0.6 is 0 Å². The first-order chi connectivity index (χ1) is 12.9. The average Bonchev–Trinajstić information content (AvgIpc) is 2.68. The molecule has 2 N–H and O–H groups in total. The molecule has 0 aliphatic carbocycles. The van der Waals surface area contributed by atoms with Gasteiger partial charge in [0.15, 0.2) is 18.1 Å². The number of hydrogen-bond donors (Lipinski definition) is 2. The van der Waals surface area contributed by atoms with Gasteiger partial charge in [0.1, 0.15) is 11.9 Å². The molecule has 0 radical (unpaired) electrons. The number of carbonyl (C=O) groups is 1. The third kappa shape index (κ3) is 2.99. The highest BCUT2D eigenvalue weighted by Gasteiger charge is 2.32. The van der Waals surface area contributed by atoms with Crippen molar-refractivity contribution in [1.82, 2.24) is 14.5 Å². The highest BCUT2D eigenvalue weighted by molar-refractivity contribution is 5.92. The molecule has 0 fully saturated rings. The van der Waals surface area contributed by atoms with E-state index in [9.17, 15) is 14.4 Å². The van der Waals surface area contributed by atoms with Crippen LogP contribution in [0.25, 0.3) is 0 Å². The molecule has 3 rings (SSSR count). The van der Waals surface area contributed by atoms with E-state index in [-0.39, 0.29) is 18.0 Å². The number of urea groups is 1. The lowest BCUT2D eigenvalue weighted by molar-refractivity contribution is 0.248. The molecule has 1 aromatic carbocycles. The summed E-state index contributed by atoms with van der Waals surface area (Å²) < 4.78 is 12.8. The van der Waals surface area contributed by atoms with Crippen molar-refractivity contribution in [2.75, 3.05) is 19.0 Å². The minimum absolute atomic E-state index is 0.139. The second kappa shape index (κ2) is 6.87. The zero-order valence-corrected chi connectivity index (χ0v) is 14.9. The molecule has 2 amide bonds. The SMILES string of the molecule is COc1cc(C2NC(=O)Nc3c2c(=O)n(C)c(=O)n3C)ccc1OCC#N. The number of carbonyl (C=O) groups excluding carboxylic acids is 1. The van der Waals surface area contributed by atoms with Crippen LogP contribution in [0.1, 0.15) is 17.2 Å². The van der Waals surface area contributed by atoms with Gasteiger partial charge in [0.25, 0.3) is 5.56 Å². The molecule has 10 nitrogen and oxygen atoms in total. The molecule has 1 aliphatic rings. The van der Waals surface area contributed by atoms with E-state index >= 15 is 0 Å². The fraction of sp³-hybridized carbons (Fsp3) is 0.294. The van der Waals surface area contributed by atoms with Crippen LogP contribution in [0.2, 0.25) is 0 Å². The van der Waals surface area contributed by atoms with Crippen LogP contribution < -0.4 is 31.4 Å². The van der Waals surface area contributed by atoms with Gasteiger partial charge in [-0.25, -0.2) is 9.59 Å². The number of nitrogens with one attached hydrogen (secondary N) is 2. The normalized spacial score (nSPS) is 15.2. The van der Waals surface area contributed by atoms with E-state index in [1.165, 1.54) is 25.8 Å². The number of aromatic nitrogens is 2. The van der Waals surface area contributed by atoms with Crippen LogP contribution in [-0.4, -0.2) is 28.9 Å². The molecular weight excluding hydrogens is 354 g/mol. The molecule has 140 valence electrons. The number of nitrogens with zero attached hydrogens (tertiary/aromatic N) is 3. The molecule has 0 bridgehead atoms. The van der Waals surface area contributed by atoms with Crippen molar-refractivity contribution in [2.24, 2.45) is 14.1 Å². The second-order valence-corrected chi connectivity index (χ2v) is 5.86. The fourth-order valence-corrected chi connectivity index (χ4v) is 2.97. The number of nitriles is 1. The van der Waals surface area contributed by atoms with Crippen molar-refractivity contribution in [2.45, 2.75) is 6.04 Å². The quantitative estimate of drug-likeness (QED) is 0.791. The lowest BCUT2D eigenvalue weighted by Crippen LogP contribution is -2.49. The molecule has 27 heavy (non-hydrogen) atoms. The standard InChI is InChI=1S/C17H17N5O5/c1-21-14-12(15(23)22(2)17(21)25)13(19-16(24)20-14)9-4-5-10(27-7-6-18)11(8-9)26-3/h4-5,8,13H,7H2,1-3H3,(H2,19,20,24). The Morgan fingerprint density at radius 2 is 1.93 bits per heavy atom. The van der Waals surface area contributed by atoms with Crippen molar-refractivity contribution in [3.8, 4) is 17.6 Å². The van der Waals surface area contributed by atoms with Crippen LogP contribution in [0.15, 0.2) is 27.8 Å². The largest absolute Gasteiger partial charge is 0.493 e. The number of benzene rings is 1. The number of ether oxygens (including phenoxy) is 2. The van der Waals surface area contributed by atoms with Gasteiger partial charge in [-0.3, -0.25) is 19.2 Å². The van der Waals surface area contributed by atoms with Gasteiger partial charge in [-0.1, -0.05) is 6.07 Å². The Balaban J connectivity index is 2.18. The molecule has 0 saturated heterocycles. The monoisotopic (exact) mass is 371 g/mol. The van der Waals surface area contributed by atoms with E-state index < -0.39 is 23.3 Å². The van der Waals surface area contributed by atoms with Gasteiger partial charge in [0.2, 0.25) is 0 Å². The fourth-order valence-electron chi connectivity index (χ4n) is 2.97. The van der Waals surface area contributed by atoms with Crippen LogP contribution in [-0.2, 0) is 14.1 Å². The Labute approximate surface area is 153 Å². The minimum Gasteiger partial charge on any atom is -0.493 e. The van der Waals surface area contributed by atoms with E-state index in [1.54, 1.807) is 18.2 Å². The zero-order chi connectivity index (χ0) is 19.7. The minimum atomic E-state index is -0.793. The summed E-state index contributed by atoms with van der Waals surface area (Å²) >= 11 is 0. The maximum Gasteiger partial charge on any atom is 0.332 e. The topological polar surface area (TPSA) is 127 Å². The van der Waals surface area contributed by atoms with E-state index in [0.29, 0.717) is 17.1 Å². The van der Waals surface area contributed by atoms with E-state index in [2.05, 4.69) is 10.6 Å². The first-order valence-corrected chi connectivity index (χ1v) is 7.94. The first-order valence-electron chi connectivity index (χ1n) is 7.94. The maximum absolute atomic E-state index is 12.7. The van der Waals surface area contributed by atoms with Crippen molar-refractivity contribution in [1.29, 1.82) is 5.26 Å². The third-order valence-corrected chi connectivity index (χ3v) is 4.31. The van der Waals surface area contributed by atoms with Crippen LogP contribution in [0.5, 0.6) is 11.5 Å². The Bertz CT molecular complexity index is 1080. The molecule has 2 aromatic rings. The van der Waals surface area contributed by atoms with E-state index in [4.69, 9.17) is 14.7 Å². The second-order valence-electron chi connectivity index (χ2n) is 5.86. The van der Waals surface area contributed by atoms with Gasteiger partial charge in [-0.2, -0.15) is 5.26 Å². The van der Waals surface area contributed by atoms with Gasteiger partial charge in [0.05, 0.1) is 18.7 Å². The van der Waals surface area contributed by atoms with Crippen LogP contribution in [0.4, 0.5) is 10.6 Å². The lowest BCUT2D eigenvalue weighted by atomic mass is 9.98. The molecule has 1 aliphatic heterocycles. The number of amides is 2. The lowest BCUT2D eigenvalue weighted by Gasteiger charge is -2.28. The number of anilines is 1. The molecule has 0 saturated carbocycles. The van der Waals surface area contributed by atoms with Crippen LogP contribution in [0.3, 0.4) is 0 Å². The summed E-state index contributed by atoms with van der Waals surface area (Å²) in [6, 6.07) is 5.38. The van der Waals surface area contributed by atoms with Crippen molar-refractivity contribution < 1.29 is 14.3 Å². The zero-order valence-electron chi connectivity index (χ0n) is 14.9. The molecule has 2 heterocycles. The van der Waals surface area contributed by atoms with Gasteiger partial charge < -0.3 is 14.8 Å². The van der Waals surface area contributed by atoms with Crippen LogP contribution in [0, 0.1) is 11.3 Å². The highest BCUT2D eigenvalue weighted by Crippen LogP contribution is 2.34. The van der Waals surface area contributed by atoms with Crippen molar-refractivity contribution >= 4 is 11.8 Å². The summed E-state index contributed by atoms with van der Waals surface area (Å²) in [5.74, 6) is 0.844. The Hall–Kier alpha value is -3.74. The Morgan fingerprint density at radius 3 is 2.59 bits per heavy atom. The molecule has 0 spiro atoms. The molecule has 1 aromatic heterocycles. The van der Waals surface area contributed by atoms with Gasteiger partial charge in [-0.05, 0) is 17.7 Å². The van der Waals surface area contributed by atoms with E-state index in [0.717, 1.165) is 4.57 Å². The third-order valence-electron chi connectivity index (χ3n) is 4.31. The van der Waals surface area contributed by atoms with Gasteiger partial charge in [0, 0.05) is 14.1 Å². The predicted octanol–water partition coefficient (Wildman–Crippen LogP) is 0.219. The highest BCUT2D eigenvalue weighted by atomic mass is 16.5. The smallest absolute Gasteiger partial charge is 0.332 e. The average molecular weight is 371 g/mol. The summed E-state index contributed by atoms with van der Waals surface area (Å²) in [4.78, 5) is 36.9. The summed E-state index contributed by atoms with van der Waals surface area (Å²) in [6.07, 6.45) is 0. The first kappa shape index (κ1) is 18.1.